The topological polar surface area (TPSA) is 101 Å². The van der Waals surface area contributed by atoms with Crippen molar-refractivity contribution < 1.29 is 23.1 Å². The fourth-order valence-electron chi connectivity index (χ4n) is 1.91. The van der Waals surface area contributed by atoms with Gasteiger partial charge in [-0.2, -0.15) is 0 Å². The second kappa shape index (κ2) is 7.21. The van der Waals surface area contributed by atoms with Crippen molar-refractivity contribution in [1.82, 2.24) is 0 Å². The summed E-state index contributed by atoms with van der Waals surface area (Å²) >= 11 is 0. The summed E-state index contributed by atoms with van der Waals surface area (Å²) in [6.07, 6.45) is -0.241. The molecule has 0 bridgehead atoms. The Morgan fingerprint density at radius 2 is 1.86 bits per heavy atom. The number of carboxylic acid groups (broad SMARTS) is 1. The fraction of sp³-hybridized carbons (Fsp3) is 0.429. The summed E-state index contributed by atoms with van der Waals surface area (Å²) in [4.78, 5) is 22.6. The lowest BCUT2D eigenvalue weighted by Gasteiger charge is -2.11. The van der Waals surface area contributed by atoms with Gasteiger partial charge in [0, 0.05) is 5.69 Å². The smallest absolute Gasteiger partial charge is 0.307 e. The highest BCUT2D eigenvalue weighted by atomic mass is 32.2. The van der Waals surface area contributed by atoms with Gasteiger partial charge in [0.2, 0.25) is 5.91 Å². The van der Waals surface area contributed by atoms with Gasteiger partial charge in [0.25, 0.3) is 0 Å². The molecule has 116 valence electrons. The van der Waals surface area contributed by atoms with Gasteiger partial charge in [-0.25, -0.2) is 8.42 Å². The molecule has 0 atom stereocenters. The average Bonchev–Trinajstić information content (AvgIpc) is 2.28. The summed E-state index contributed by atoms with van der Waals surface area (Å²) < 4.78 is 23.5. The van der Waals surface area contributed by atoms with Crippen LogP contribution in [0.4, 0.5) is 5.69 Å². The molecule has 2 N–H and O–H groups in total. The van der Waals surface area contributed by atoms with Crippen LogP contribution in [0.5, 0.6) is 0 Å². The highest BCUT2D eigenvalue weighted by molar-refractivity contribution is 7.92. The molecule has 21 heavy (non-hydrogen) atoms. The van der Waals surface area contributed by atoms with Crippen LogP contribution in [0, 0.1) is 5.92 Å². The van der Waals surface area contributed by atoms with Gasteiger partial charge in [-0.3, -0.25) is 9.59 Å². The molecule has 1 aromatic carbocycles. The van der Waals surface area contributed by atoms with Crippen molar-refractivity contribution in [3.63, 3.8) is 0 Å². The molecule has 6 nitrogen and oxygen atoms in total. The van der Waals surface area contributed by atoms with E-state index in [2.05, 4.69) is 5.32 Å². The number of para-hydroxylation sites is 1. The standard InChI is InChI=1S/C14H19NO5S/c1-10(2)8-21(19,20)9-13(16)15-12-6-4-3-5-11(12)7-14(17)18/h3-6,10H,7-9H2,1-2H3,(H,15,16)(H,17,18). The molecule has 0 aliphatic heterocycles. The first-order valence-electron chi connectivity index (χ1n) is 6.49. The maximum atomic E-state index is 11.8. The summed E-state index contributed by atoms with van der Waals surface area (Å²) in [6, 6.07) is 6.42. The number of amides is 1. The van der Waals surface area contributed by atoms with Gasteiger partial charge in [-0.1, -0.05) is 32.0 Å². The van der Waals surface area contributed by atoms with E-state index in [9.17, 15) is 18.0 Å². The lowest BCUT2D eigenvalue weighted by Crippen LogP contribution is -2.26. The van der Waals surface area contributed by atoms with Crippen LogP contribution in [0.3, 0.4) is 0 Å². The maximum absolute atomic E-state index is 11.8. The van der Waals surface area contributed by atoms with Crippen molar-refractivity contribution in [2.24, 2.45) is 5.92 Å². The summed E-state index contributed by atoms with van der Waals surface area (Å²) in [5, 5.41) is 11.3. The molecule has 7 heteroatoms. The average molecular weight is 313 g/mol. The Labute approximate surface area is 124 Å². The second-order valence-electron chi connectivity index (χ2n) is 5.22. The van der Waals surface area contributed by atoms with Gasteiger partial charge in [0.1, 0.15) is 5.75 Å². The number of carboxylic acids is 1. The van der Waals surface area contributed by atoms with Gasteiger partial charge in [0.05, 0.1) is 12.2 Å². The van der Waals surface area contributed by atoms with Crippen LogP contribution in [0.1, 0.15) is 19.4 Å². The van der Waals surface area contributed by atoms with E-state index in [0.717, 1.165) is 0 Å². The highest BCUT2D eigenvalue weighted by Gasteiger charge is 2.19. The van der Waals surface area contributed by atoms with Gasteiger partial charge in [0.15, 0.2) is 9.84 Å². The van der Waals surface area contributed by atoms with E-state index in [1.54, 1.807) is 38.1 Å². The van der Waals surface area contributed by atoms with Gasteiger partial charge in [-0.15, -0.1) is 0 Å². The van der Waals surface area contributed by atoms with E-state index in [1.165, 1.54) is 0 Å². The van der Waals surface area contributed by atoms with Crippen LogP contribution in [0.15, 0.2) is 24.3 Å². The number of hydrogen-bond donors (Lipinski definition) is 2. The van der Waals surface area contributed by atoms with Crippen molar-refractivity contribution in [1.29, 1.82) is 0 Å². The molecule has 1 rings (SSSR count). The van der Waals surface area contributed by atoms with Crippen LogP contribution >= 0.6 is 0 Å². The molecule has 0 saturated carbocycles. The molecule has 0 heterocycles. The monoisotopic (exact) mass is 313 g/mol. The number of anilines is 1. The lowest BCUT2D eigenvalue weighted by atomic mass is 10.1. The minimum absolute atomic E-state index is 0.0536. The van der Waals surface area contributed by atoms with Crippen LogP contribution < -0.4 is 5.32 Å². The molecule has 0 aliphatic carbocycles. The number of carbonyl (C=O) groups excluding carboxylic acids is 1. The Hall–Kier alpha value is -1.89. The molecule has 0 spiro atoms. The number of nitrogens with one attached hydrogen (secondary N) is 1. The van der Waals surface area contributed by atoms with Crippen molar-refractivity contribution in [3.05, 3.63) is 29.8 Å². The van der Waals surface area contributed by atoms with E-state index < -0.39 is 27.5 Å². The molecular formula is C14H19NO5S. The first-order chi connectivity index (χ1) is 9.69. The molecule has 1 amide bonds. The fourth-order valence-corrected chi connectivity index (χ4v) is 3.52. The van der Waals surface area contributed by atoms with Gasteiger partial charge in [-0.05, 0) is 17.5 Å². The van der Waals surface area contributed by atoms with Crippen LogP contribution in [-0.2, 0) is 25.8 Å². The molecule has 0 aliphatic rings. The summed E-state index contributed by atoms with van der Waals surface area (Å²) in [6.45, 7) is 3.52. The third-order valence-electron chi connectivity index (χ3n) is 2.57. The third kappa shape index (κ3) is 6.40. The number of aliphatic carboxylic acids is 1. The zero-order valence-corrected chi connectivity index (χ0v) is 12.8. The van der Waals surface area contributed by atoms with E-state index in [0.29, 0.717) is 11.3 Å². The van der Waals surface area contributed by atoms with Crippen LogP contribution in [0.2, 0.25) is 0 Å². The first-order valence-corrected chi connectivity index (χ1v) is 8.31. The minimum Gasteiger partial charge on any atom is -0.481 e. The molecule has 0 saturated heterocycles. The molecular weight excluding hydrogens is 294 g/mol. The predicted molar refractivity (Wildman–Crippen MR) is 79.9 cm³/mol. The summed E-state index contributed by atoms with van der Waals surface area (Å²) in [5.41, 5.74) is 0.754. The third-order valence-corrected chi connectivity index (χ3v) is 4.45. The minimum atomic E-state index is -3.46. The summed E-state index contributed by atoms with van der Waals surface area (Å²) in [5.74, 6) is -2.40. The largest absolute Gasteiger partial charge is 0.481 e. The maximum Gasteiger partial charge on any atom is 0.307 e. The Bertz CT molecular complexity index is 622. The molecule has 0 radical (unpaired) electrons. The Morgan fingerprint density at radius 1 is 1.24 bits per heavy atom. The number of benzene rings is 1. The van der Waals surface area contributed by atoms with Crippen molar-refractivity contribution in [2.45, 2.75) is 20.3 Å². The SMILES string of the molecule is CC(C)CS(=O)(=O)CC(=O)Nc1ccccc1CC(=O)O. The van der Waals surface area contributed by atoms with Crippen LogP contribution in [0.25, 0.3) is 0 Å². The highest BCUT2D eigenvalue weighted by Crippen LogP contribution is 2.16. The molecule has 1 aromatic rings. The van der Waals surface area contributed by atoms with Crippen LogP contribution in [-0.4, -0.2) is 36.9 Å². The lowest BCUT2D eigenvalue weighted by molar-refractivity contribution is -0.136. The van der Waals surface area contributed by atoms with Crippen molar-refractivity contribution in [2.75, 3.05) is 16.8 Å². The Morgan fingerprint density at radius 3 is 2.43 bits per heavy atom. The van der Waals surface area contributed by atoms with Crippen molar-refractivity contribution >= 4 is 27.4 Å². The summed E-state index contributed by atoms with van der Waals surface area (Å²) in [7, 11) is -3.46. The Balaban J connectivity index is 2.78. The number of rotatable bonds is 7. The van der Waals surface area contributed by atoms with Crippen molar-refractivity contribution in [3.8, 4) is 0 Å². The first kappa shape index (κ1) is 17.2. The predicted octanol–water partition coefficient (Wildman–Crippen LogP) is 1.32. The molecule has 0 unspecified atom stereocenters. The van der Waals surface area contributed by atoms with E-state index in [-0.39, 0.29) is 18.1 Å². The second-order valence-corrected chi connectivity index (χ2v) is 7.33. The zero-order valence-electron chi connectivity index (χ0n) is 12.0. The Kier molecular flexibility index (Phi) is 5.90. The number of hydrogen-bond acceptors (Lipinski definition) is 4. The van der Waals surface area contributed by atoms with Gasteiger partial charge >= 0.3 is 5.97 Å². The van der Waals surface area contributed by atoms with E-state index in [4.69, 9.17) is 5.11 Å². The normalized spacial score (nSPS) is 11.4. The zero-order chi connectivity index (χ0) is 16.0. The quantitative estimate of drug-likeness (QED) is 0.790. The number of sulfone groups is 1. The number of carbonyl (C=O) groups is 2. The molecule has 0 fully saturated rings. The van der Waals surface area contributed by atoms with Gasteiger partial charge < -0.3 is 10.4 Å². The van der Waals surface area contributed by atoms with E-state index >= 15 is 0 Å². The molecule has 0 aromatic heterocycles. The van der Waals surface area contributed by atoms with E-state index in [1.807, 2.05) is 0 Å².